The van der Waals surface area contributed by atoms with E-state index in [0.717, 1.165) is 11.1 Å². The van der Waals surface area contributed by atoms with E-state index >= 15 is 0 Å². The Labute approximate surface area is 112 Å². The van der Waals surface area contributed by atoms with Crippen molar-refractivity contribution in [1.82, 2.24) is 5.32 Å². The average Bonchev–Trinajstić information content (AvgIpc) is 2.45. The maximum absolute atomic E-state index is 12.1. The van der Waals surface area contributed by atoms with E-state index in [1.165, 1.54) is 0 Å². The van der Waals surface area contributed by atoms with E-state index in [4.69, 9.17) is 0 Å². The van der Waals surface area contributed by atoms with E-state index in [2.05, 4.69) is 5.32 Å². The van der Waals surface area contributed by atoms with Crippen LogP contribution in [-0.2, 0) is 0 Å². The first-order chi connectivity index (χ1) is 9.20. The Hall–Kier alpha value is -2.13. The number of aryl methyl sites for hydroxylation is 1. The number of nitrogens with one attached hydrogen (secondary N) is 1. The number of aliphatic hydroxyl groups excluding tert-OH is 1. The summed E-state index contributed by atoms with van der Waals surface area (Å²) in [5, 5.41) is 12.3. The van der Waals surface area contributed by atoms with Gasteiger partial charge in [0.2, 0.25) is 0 Å². The minimum atomic E-state index is -0.380. The topological polar surface area (TPSA) is 49.3 Å². The van der Waals surface area contributed by atoms with Crippen molar-refractivity contribution in [2.75, 3.05) is 6.61 Å². The molecule has 0 heterocycles. The number of benzene rings is 2. The highest BCUT2D eigenvalue weighted by atomic mass is 16.3. The van der Waals surface area contributed by atoms with Gasteiger partial charge >= 0.3 is 0 Å². The van der Waals surface area contributed by atoms with Gasteiger partial charge in [0.25, 0.3) is 5.91 Å². The quantitative estimate of drug-likeness (QED) is 0.881. The predicted octanol–water partition coefficient (Wildman–Crippen LogP) is 2.46. The number of carbonyl (C=O) groups excluding carboxylic acids is 1. The maximum Gasteiger partial charge on any atom is 0.251 e. The summed E-state index contributed by atoms with van der Waals surface area (Å²) in [6.45, 7) is 1.82. The van der Waals surface area contributed by atoms with Crippen molar-refractivity contribution in [3.63, 3.8) is 0 Å². The molecule has 0 spiro atoms. The third kappa shape index (κ3) is 3.42. The lowest BCUT2D eigenvalue weighted by molar-refractivity contribution is 0.0916. The number of hydrogen-bond donors (Lipinski definition) is 2. The van der Waals surface area contributed by atoms with E-state index in [1.807, 2.05) is 55.5 Å². The average molecular weight is 255 g/mol. The zero-order valence-corrected chi connectivity index (χ0v) is 10.8. The van der Waals surface area contributed by atoms with Gasteiger partial charge in [0.1, 0.15) is 0 Å². The van der Waals surface area contributed by atoms with Crippen LogP contribution in [0.4, 0.5) is 0 Å². The van der Waals surface area contributed by atoms with Crippen molar-refractivity contribution in [3.8, 4) is 0 Å². The van der Waals surface area contributed by atoms with Crippen molar-refractivity contribution < 1.29 is 9.90 Å². The van der Waals surface area contributed by atoms with Crippen molar-refractivity contribution in [2.45, 2.75) is 13.0 Å². The largest absolute Gasteiger partial charge is 0.394 e. The molecule has 3 nitrogen and oxygen atoms in total. The fourth-order valence-electron chi connectivity index (χ4n) is 1.95. The molecule has 2 aromatic rings. The van der Waals surface area contributed by atoms with Crippen LogP contribution in [-0.4, -0.2) is 17.6 Å². The predicted molar refractivity (Wildman–Crippen MR) is 74.9 cm³/mol. The fourth-order valence-corrected chi connectivity index (χ4v) is 1.95. The van der Waals surface area contributed by atoms with Crippen molar-refractivity contribution >= 4 is 5.91 Å². The Bertz CT molecular complexity index is 552. The van der Waals surface area contributed by atoms with Crippen molar-refractivity contribution in [2.24, 2.45) is 0 Å². The number of amides is 1. The van der Waals surface area contributed by atoms with Gasteiger partial charge in [-0.2, -0.15) is 0 Å². The van der Waals surface area contributed by atoms with Gasteiger partial charge in [-0.15, -0.1) is 0 Å². The monoisotopic (exact) mass is 255 g/mol. The third-order valence-corrected chi connectivity index (χ3v) is 2.97. The second kappa shape index (κ2) is 6.16. The number of aliphatic hydroxyl groups is 1. The maximum atomic E-state index is 12.1. The minimum Gasteiger partial charge on any atom is -0.394 e. The van der Waals surface area contributed by atoms with Gasteiger partial charge in [-0.1, -0.05) is 48.0 Å². The second-order valence-corrected chi connectivity index (χ2v) is 4.49. The summed E-state index contributed by atoms with van der Waals surface area (Å²) in [5.41, 5.74) is 2.54. The van der Waals surface area contributed by atoms with Gasteiger partial charge < -0.3 is 10.4 Å². The fraction of sp³-hybridized carbons (Fsp3) is 0.188. The SMILES string of the molecule is Cc1cccc(C(=O)NC(CO)c2ccccc2)c1. The number of hydrogen-bond acceptors (Lipinski definition) is 2. The number of rotatable bonds is 4. The first-order valence-electron chi connectivity index (χ1n) is 6.24. The van der Waals surface area contributed by atoms with Crippen LogP contribution in [0.25, 0.3) is 0 Å². The van der Waals surface area contributed by atoms with Gasteiger partial charge in [-0.05, 0) is 24.6 Å². The summed E-state index contributed by atoms with van der Waals surface area (Å²) in [7, 11) is 0. The molecular weight excluding hydrogens is 238 g/mol. The Morgan fingerprint density at radius 2 is 1.89 bits per heavy atom. The van der Waals surface area contributed by atoms with Crippen LogP contribution >= 0.6 is 0 Å². The number of carbonyl (C=O) groups is 1. The molecule has 98 valence electrons. The highest BCUT2D eigenvalue weighted by molar-refractivity contribution is 5.94. The summed E-state index contributed by atoms with van der Waals surface area (Å²) in [4.78, 5) is 12.1. The van der Waals surface area contributed by atoms with Gasteiger partial charge in [-0.3, -0.25) is 4.79 Å². The molecule has 0 bridgehead atoms. The van der Waals surface area contributed by atoms with E-state index in [1.54, 1.807) is 6.07 Å². The molecular formula is C16H17NO2. The van der Waals surface area contributed by atoms with E-state index < -0.39 is 0 Å². The van der Waals surface area contributed by atoms with Gasteiger partial charge in [-0.25, -0.2) is 0 Å². The summed E-state index contributed by atoms with van der Waals surface area (Å²) in [5.74, 6) is -0.174. The molecule has 1 atom stereocenters. The van der Waals surface area contributed by atoms with E-state index in [9.17, 15) is 9.90 Å². The molecule has 2 N–H and O–H groups in total. The zero-order valence-electron chi connectivity index (χ0n) is 10.8. The molecule has 0 aliphatic rings. The first-order valence-corrected chi connectivity index (χ1v) is 6.24. The van der Waals surface area contributed by atoms with Crippen LogP contribution in [0.2, 0.25) is 0 Å². The normalized spacial score (nSPS) is 11.9. The van der Waals surface area contributed by atoms with Gasteiger partial charge in [0, 0.05) is 5.56 Å². The lowest BCUT2D eigenvalue weighted by Gasteiger charge is -2.16. The summed E-state index contributed by atoms with van der Waals surface area (Å²) in [6.07, 6.45) is 0. The van der Waals surface area contributed by atoms with Crippen LogP contribution in [0.15, 0.2) is 54.6 Å². The molecule has 1 unspecified atom stereocenters. The molecule has 2 rings (SSSR count). The molecule has 0 aliphatic carbocycles. The van der Waals surface area contributed by atoms with E-state index in [0.29, 0.717) is 5.56 Å². The van der Waals surface area contributed by atoms with Crippen molar-refractivity contribution in [1.29, 1.82) is 0 Å². The molecule has 0 saturated carbocycles. The lowest BCUT2D eigenvalue weighted by atomic mass is 10.1. The first kappa shape index (κ1) is 13.3. The van der Waals surface area contributed by atoms with Crippen LogP contribution in [0, 0.1) is 6.92 Å². The molecule has 0 aromatic heterocycles. The molecule has 1 amide bonds. The highest BCUT2D eigenvalue weighted by Gasteiger charge is 2.14. The van der Waals surface area contributed by atoms with Crippen LogP contribution in [0.5, 0.6) is 0 Å². The van der Waals surface area contributed by atoms with Crippen LogP contribution < -0.4 is 5.32 Å². The van der Waals surface area contributed by atoms with Gasteiger partial charge in [0.15, 0.2) is 0 Å². The Balaban J connectivity index is 2.13. The summed E-state index contributed by atoms with van der Waals surface area (Å²) < 4.78 is 0. The second-order valence-electron chi connectivity index (χ2n) is 4.49. The zero-order chi connectivity index (χ0) is 13.7. The molecule has 19 heavy (non-hydrogen) atoms. The Morgan fingerprint density at radius 3 is 2.53 bits per heavy atom. The third-order valence-electron chi connectivity index (χ3n) is 2.97. The van der Waals surface area contributed by atoms with Crippen molar-refractivity contribution in [3.05, 3.63) is 71.3 Å². The highest BCUT2D eigenvalue weighted by Crippen LogP contribution is 2.13. The Morgan fingerprint density at radius 1 is 1.16 bits per heavy atom. The molecule has 3 heteroatoms. The molecule has 0 aliphatic heterocycles. The molecule has 0 radical (unpaired) electrons. The molecule has 2 aromatic carbocycles. The van der Waals surface area contributed by atoms with Crippen LogP contribution in [0.1, 0.15) is 27.5 Å². The standard InChI is InChI=1S/C16H17NO2/c1-12-6-5-9-14(10-12)16(19)17-15(11-18)13-7-3-2-4-8-13/h2-10,15,18H,11H2,1H3,(H,17,19). The summed E-state index contributed by atoms with van der Waals surface area (Å²) >= 11 is 0. The smallest absolute Gasteiger partial charge is 0.251 e. The molecule has 0 saturated heterocycles. The van der Waals surface area contributed by atoms with Crippen LogP contribution in [0.3, 0.4) is 0 Å². The van der Waals surface area contributed by atoms with Gasteiger partial charge in [0.05, 0.1) is 12.6 Å². The molecule has 0 fully saturated rings. The van der Waals surface area contributed by atoms with E-state index in [-0.39, 0.29) is 18.6 Å². The Kier molecular flexibility index (Phi) is 4.31. The lowest BCUT2D eigenvalue weighted by Crippen LogP contribution is -2.30. The summed E-state index contributed by atoms with van der Waals surface area (Å²) in [6, 6.07) is 16.5. The minimum absolute atomic E-state index is 0.123.